The Bertz CT molecular complexity index is 3010. The largest absolute Gasteiger partial charge is 0.468 e. The minimum atomic E-state index is -4.68. The minimum Gasteiger partial charge on any atom is -0.468 e. The predicted octanol–water partition coefficient (Wildman–Crippen LogP) is 8.37. The maximum atomic E-state index is 15.3. The Morgan fingerprint density at radius 2 is 1.70 bits per heavy atom. The number of sulfonamides is 1. The van der Waals surface area contributed by atoms with E-state index in [1.807, 2.05) is 17.0 Å². The summed E-state index contributed by atoms with van der Waals surface area (Å²) in [6, 6.07) is 19.4. The SMILES string of the molecule is CC(C)c1ccccc1[C@@H]1COCC[C@H]1N1CC2(CCN(c3ccc(C(=O)NS(=O)(=O)c4ccc(NCC5CCC(C)(O)CC5)c([N+](=O)[O-])c4)c(N4c5cc6c(F)c[nH]c6nc5O[C@H]5COCC[C@@H]54)c3)CC2)C1. The van der Waals surface area contributed by atoms with Crippen LogP contribution < -0.4 is 24.6 Å². The molecule has 1 saturated carbocycles. The Hall–Kier alpha value is -5.86. The van der Waals surface area contributed by atoms with Crippen molar-refractivity contribution in [2.75, 3.05) is 74.3 Å². The number of carbonyl (C=O) groups excluding carboxylic acids is 1. The van der Waals surface area contributed by atoms with E-state index >= 15 is 4.39 Å². The van der Waals surface area contributed by atoms with Crippen molar-refractivity contribution >= 4 is 55.4 Å². The van der Waals surface area contributed by atoms with E-state index in [0.717, 1.165) is 83.3 Å². The number of nitro benzene ring substituents is 1. The average Bonchev–Trinajstić information content (AvgIpc) is 3.74. The average molecular weight is 1020 g/mol. The number of likely N-dealkylation sites (tertiary alicyclic amines) is 1. The van der Waals surface area contributed by atoms with E-state index in [4.69, 9.17) is 14.2 Å². The van der Waals surface area contributed by atoms with Crippen LogP contribution in [-0.4, -0.2) is 122 Å². The molecule has 4 saturated heterocycles. The number of amides is 1. The molecule has 5 aromatic rings. The van der Waals surface area contributed by atoms with Crippen molar-refractivity contribution in [3.05, 3.63) is 106 Å². The van der Waals surface area contributed by atoms with E-state index < -0.39 is 55.0 Å². The number of nitrogens with one attached hydrogen (secondary N) is 3. The molecule has 0 radical (unpaired) electrons. The molecular weight excluding hydrogens is 956 g/mol. The number of aliphatic hydroxyl groups is 1. The maximum Gasteiger partial charge on any atom is 0.293 e. The Balaban J connectivity index is 0.873. The number of piperidine rings is 1. The lowest BCUT2D eigenvalue weighted by molar-refractivity contribution is -0.384. The van der Waals surface area contributed by atoms with Crippen molar-refractivity contribution in [1.29, 1.82) is 0 Å². The number of nitrogens with zero attached hydrogens (tertiary/aromatic N) is 5. The molecule has 0 bridgehead atoms. The number of ether oxygens (including phenoxy) is 3. The molecule has 7 heterocycles. The molecule has 388 valence electrons. The van der Waals surface area contributed by atoms with Gasteiger partial charge in [-0.3, -0.25) is 19.8 Å². The van der Waals surface area contributed by atoms with Gasteiger partial charge < -0.3 is 39.4 Å². The standard InChI is InChI=1S/C54H65FN8O9S/c1-33(2)37-6-4-5-7-38(37)41-29-70-22-14-44(41)61-31-54(32-61)18-20-60(21-19-54)35-8-10-39(46(24-35)62-45-15-23-71-30-49(45)72-52-48(62)26-40-42(55)28-57-50(40)58-52)51(64)59-73(68,69)36-9-11-43(47(25-36)63(66)67)56-27-34-12-16-53(3,65)17-13-34/h4-11,24-26,28,33-34,41,44-45,49,56,65H,12-23,27,29-32H2,1-3H3,(H,57,58)(H,59,64)/t34?,41-,44+,45-,49-,53?/m0/s1. The number of H-pyrrole nitrogens is 1. The summed E-state index contributed by atoms with van der Waals surface area (Å²) in [5, 5.41) is 26.1. The van der Waals surface area contributed by atoms with Gasteiger partial charge in [0.25, 0.3) is 21.6 Å². The third-order valence-corrected chi connectivity index (χ3v) is 18.0. The number of aromatic nitrogens is 2. The summed E-state index contributed by atoms with van der Waals surface area (Å²) in [7, 11) is -4.68. The number of fused-ring (bicyclic) bond motifs is 3. The predicted molar refractivity (Wildman–Crippen MR) is 275 cm³/mol. The molecule has 6 aliphatic rings. The second-order valence-electron chi connectivity index (χ2n) is 21.9. The fourth-order valence-electron chi connectivity index (χ4n) is 12.5. The fraction of sp³-hybridized carbons (Fsp3) is 0.519. The van der Waals surface area contributed by atoms with Gasteiger partial charge in [0.1, 0.15) is 28.9 Å². The number of benzene rings is 3. The zero-order valence-corrected chi connectivity index (χ0v) is 42.5. The van der Waals surface area contributed by atoms with Gasteiger partial charge in [0.2, 0.25) is 5.88 Å². The molecule has 17 nitrogen and oxygen atoms in total. The molecule has 2 aromatic heterocycles. The molecule has 1 spiro atoms. The molecule has 1 amide bonds. The zero-order valence-electron chi connectivity index (χ0n) is 41.6. The molecule has 0 unspecified atom stereocenters. The first-order chi connectivity index (χ1) is 35.1. The Kier molecular flexibility index (Phi) is 13.1. The van der Waals surface area contributed by atoms with E-state index in [9.17, 15) is 28.4 Å². The monoisotopic (exact) mass is 1020 g/mol. The molecule has 1 aliphatic carbocycles. The van der Waals surface area contributed by atoms with Gasteiger partial charge in [0.15, 0.2) is 0 Å². The molecule has 3 aromatic carbocycles. The van der Waals surface area contributed by atoms with Gasteiger partial charge in [-0.25, -0.2) is 17.5 Å². The van der Waals surface area contributed by atoms with E-state index in [1.165, 1.54) is 29.5 Å². The zero-order chi connectivity index (χ0) is 50.8. The van der Waals surface area contributed by atoms with Crippen molar-refractivity contribution in [1.82, 2.24) is 19.6 Å². The first-order valence-electron chi connectivity index (χ1n) is 25.9. The first-order valence-corrected chi connectivity index (χ1v) is 27.4. The normalized spacial score (nSPS) is 26.2. The molecule has 19 heteroatoms. The van der Waals surface area contributed by atoms with Crippen molar-refractivity contribution in [2.24, 2.45) is 11.3 Å². The van der Waals surface area contributed by atoms with Crippen LogP contribution in [0.2, 0.25) is 0 Å². The number of rotatable bonds is 12. The second kappa shape index (κ2) is 19.4. The fourth-order valence-corrected chi connectivity index (χ4v) is 13.5. The van der Waals surface area contributed by atoms with Crippen LogP contribution >= 0.6 is 0 Å². The summed E-state index contributed by atoms with van der Waals surface area (Å²) in [5.74, 6) is -0.349. The highest BCUT2D eigenvalue weighted by molar-refractivity contribution is 7.90. The quantitative estimate of drug-likeness (QED) is 0.0685. The van der Waals surface area contributed by atoms with Crippen molar-refractivity contribution < 1.29 is 41.8 Å². The van der Waals surface area contributed by atoms with Crippen molar-refractivity contribution in [3.8, 4) is 5.88 Å². The number of anilines is 4. The van der Waals surface area contributed by atoms with Crippen LogP contribution in [0.3, 0.4) is 0 Å². The maximum absolute atomic E-state index is 15.3. The van der Waals surface area contributed by atoms with Gasteiger partial charge >= 0.3 is 0 Å². The summed E-state index contributed by atoms with van der Waals surface area (Å²) in [4.78, 5) is 40.4. The highest BCUT2D eigenvalue weighted by atomic mass is 32.2. The summed E-state index contributed by atoms with van der Waals surface area (Å²) >= 11 is 0. The minimum absolute atomic E-state index is 0.0208. The number of halogens is 1. The number of nitro groups is 1. The molecule has 4 atom stereocenters. The summed E-state index contributed by atoms with van der Waals surface area (Å²) in [5.41, 5.74) is 3.86. The van der Waals surface area contributed by atoms with Crippen LogP contribution in [0.1, 0.15) is 105 Å². The smallest absolute Gasteiger partial charge is 0.293 e. The third-order valence-electron chi connectivity index (χ3n) is 16.7. The van der Waals surface area contributed by atoms with E-state index in [2.05, 4.69) is 67.9 Å². The number of hydrogen-bond donors (Lipinski definition) is 4. The van der Waals surface area contributed by atoms with Gasteiger partial charge in [-0.15, -0.1) is 0 Å². The van der Waals surface area contributed by atoms with Crippen LogP contribution in [0.4, 0.5) is 32.8 Å². The third kappa shape index (κ3) is 9.62. The van der Waals surface area contributed by atoms with E-state index in [1.54, 1.807) is 19.1 Å². The van der Waals surface area contributed by atoms with Crippen molar-refractivity contribution in [3.63, 3.8) is 0 Å². The highest BCUT2D eigenvalue weighted by Gasteiger charge is 2.50. The van der Waals surface area contributed by atoms with Crippen LogP contribution in [0, 0.1) is 27.3 Å². The Labute approximate surface area is 425 Å². The molecule has 5 aliphatic heterocycles. The Morgan fingerprint density at radius 3 is 2.45 bits per heavy atom. The van der Waals surface area contributed by atoms with Gasteiger partial charge in [-0.1, -0.05) is 38.1 Å². The first kappa shape index (κ1) is 49.4. The van der Waals surface area contributed by atoms with Crippen LogP contribution in [0.5, 0.6) is 5.88 Å². The molecule has 73 heavy (non-hydrogen) atoms. The number of carbonyl (C=O) groups is 1. The topological polar surface area (TPSA) is 205 Å². The summed E-state index contributed by atoms with van der Waals surface area (Å²) in [6.45, 7) is 12.4. The lowest BCUT2D eigenvalue weighted by Crippen LogP contribution is -2.64. The molecular formula is C54H65FN8O9S. The van der Waals surface area contributed by atoms with Crippen LogP contribution in [0.15, 0.2) is 77.8 Å². The van der Waals surface area contributed by atoms with Crippen molar-refractivity contribution in [2.45, 2.75) is 113 Å². The molecule has 11 rings (SSSR count). The Morgan fingerprint density at radius 1 is 0.959 bits per heavy atom. The summed E-state index contributed by atoms with van der Waals surface area (Å²) in [6.07, 6.45) is 6.84. The number of pyridine rings is 1. The van der Waals surface area contributed by atoms with E-state index in [-0.39, 0.29) is 46.1 Å². The van der Waals surface area contributed by atoms with Gasteiger partial charge in [0, 0.05) is 75.8 Å². The number of aromatic amines is 1. The highest BCUT2D eigenvalue weighted by Crippen LogP contribution is 2.49. The van der Waals surface area contributed by atoms with Gasteiger partial charge in [-0.05, 0) is 123 Å². The molecule has 5 fully saturated rings. The van der Waals surface area contributed by atoms with E-state index in [0.29, 0.717) is 61.7 Å². The van der Waals surface area contributed by atoms with Gasteiger partial charge in [0.05, 0.1) is 51.3 Å². The van der Waals surface area contributed by atoms with Crippen LogP contribution in [-0.2, 0) is 19.5 Å². The lowest BCUT2D eigenvalue weighted by atomic mass is 9.69. The van der Waals surface area contributed by atoms with Gasteiger partial charge in [-0.2, -0.15) is 4.98 Å². The molecule has 4 N–H and O–H groups in total. The van der Waals surface area contributed by atoms with Crippen LogP contribution in [0.25, 0.3) is 11.0 Å². The lowest BCUT2D eigenvalue weighted by Gasteiger charge is -2.58. The number of hydrogen-bond acceptors (Lipinski definition) is 14. The second-order valence-corrected chi connectivity index (χ2v) is 23.6. The summed E-state index contributed by atoms with van der Waals surface area (Å²) < 4.78 is 64.3.